The molecule has 0 unspecified atom stereocenters. The summed E-state index contributed by atoms with van der Waals surface area (Å²) >= 11 is 0. The number of hydrogen-bond donors (Lipinski definition) is 12. The predicted octanol–water partition coefficient (Wildman–Crippen LogP) is 6.64. The van der Waals surface area contributed by atoms with Gasteiger partial charge in [-0.25, -0.2) is 56.2 Å². The van der Waals surface area contributed by atoms with E-state index in [9.17, 15) is 28.8 Å². The van der Waals surface area contributed by atoms with Crippen molar-refractivity contribution in [1.82, 2.24) is 62.5 Å². The molecule has 112 heavy (non-hydrogen) atoms. The lowest BCUT2D eigenvalue weighted by molar-refractivity contribution is 0.0963. The first-order chi connectivity index (χ1) is 53.8. The van der Waals surface area contributed by atoms with Crippen LogP contribution in [0.2, 0.25) is 0 Å². The zero-order valence-electron chi connectivity index (χ0n) is 75.2. The Balaban J connectivity index is -0.000000130. The van der Waals surface area contributed by atoms with E-state index in [1.165, 1.54) is 157 Å². The lowest BCUT2D eigenvalue weighted by Gasteiger charge is -2.12. The first-order valence-electron chi connectivity index (χ1n) is 41.6. The molecule has 33 nitrogen and oxygen atoms in total. The lowest BCUT2D eigenvalue weighted by atomic mass is 10.1. The molecule has 0 aliphatic heterocycles. The molecule has 0 fully saturated rings. The quantitative estimate of drug-likeness (QED) is 0.0244. The molecule has 0 spiro atoms. The molecular formula is C79H179N13O20. The molecule has 0 amide bonds. The van der Waals surface area contributed by atoms with Gasteiger partial charge in [-0.05, 0) is 152 Å². The lowest BCUT2D eigenvalue weighted by Crippen LogP contribution is -2.54. The minimum Gasteiger partial charge on any atom is -0.396 e. The van der Waals surface area contributed by atoms with Crippen LogP contribution in [0.25, 0.3) is 0 Å². The summed E-state index contributed by atoms with van der Waals surface area (Å²) in [7, 11) is 15.0. The fourth-order valence-electron chi connectivity index (χ4n) is 8.30. The highest BCUT2D eigenvalue weighted by molar-refractivity contribution is 4.79. The molecule has 33 heteroatoms. The third-order valence-electron chi connectivity index (χ3n) is 15.4. The summed E-state index contributed by atoms with van der Waals surface area (Å²) in [6, 6.07) is 0. The maximum absolute atomic E-state index is 12.1. The Labute approximate surface area is 678 Å². The number of nitrogens with zero attached hydrogens (tertiary/aromatic N) is 11. The summed E-state index contributed by atoms with van der Waals surface area (Å²) in [5.74, 6) is 0. The molecule has 2 heterocycles. The van der Waals surface area contributed by atoms with E-state index in [-0.39, 0.29) is 87.1 Å². The first-order valence-corrected chi connectivity index (χ1v) is 41.6. The van der Waals surface area contributed by atoms with E-state index in [0.717, 1.165) is 118 Å². The summed E-state index contributed by atoms with van der Waals surface area (Å²) in [5.41, 5.74) is -4.11. The van der Waals surface area contributed by atoms with Crippen LogP contribution in [0, 0.1) is 0 Å². The van der Waals surface area contributed by atoms with E-state index < -0.39 is 34.1 Å². The zero-order valence-corrected chi connectivity index (χ0v) is 75.2. The average Bonchev–Trinajstić information content (AvgIpc) is 0.799. The molecule has 0 atom stereocenters. The van der Waals surface area contributed by atoms with Crippen molar-refractivity contribution in [3.63, 3.8) is 0 Å². The zero-order chi connectivity index (χ0) is 87.8. The van der Waals surface area contributed by atoms with Gasteiger partial charge in [-0.2, -0.15) is 0 Å². The number of nitrogens with one attached hydrogen (secondary N) is 2. The Morgan fingerprint density at radius 3 is 0.786 bits per heavy atom. The van der Waals surface area contributed by atoms with E-state index in [1.54, 1.807) is 4.90 Å². The van der Waals surface area contributed by atoms with E-state index in [0.29, 0.717) is 32.7 Å². The van der Waals surface area contributed by atoms with Crippen LogP contribution < -0.4 is 44.8 Å². The Bertz CT molecular complexity index is 2280. The Kier molecular flexibility index (Phi) is 125. The second kappa shape index (κ2) is 109. The number of ether oxygens (including phenoxy) is 4. The molecule has 680 valence electrons. The van der Waals surface area contributed by atoms with Crippen molar-refractivity contribution in [3.8, 4) is 0 Å². The molecule has 0 radical (unpaired) electrons. The third-order valence-corrected chi connectivity index (χ3v) is 15.4. The largest absolute Gasteiger partial charge is 0.396 e. The maximum Gasteiger partial charge on any atom is 0.340 e. The monoisotopic (exact) mass is 1630 g/mol. The minimum absolute atomic E-state index is 0.105. The number of aromatic nitrogens is 6. The molecule has 2 aromatic rings. The highest BCUT2D eigenvalue weighted by atomic mass is 16.5. The molecule has 0 aliphatic rings. The second-order valence-electron chi connectivity index (χ2n) is 26.4. The SMILES string of the molecule is CCCCCCCCO.CCCCCCN(C)CO.CCCCCCO.CCCCCN(C)CO.CCCCCNCO.CCCCN(C)CO.CCCCO.CCCCn1c(=O)n(COC)c(=O)n(COC)c1=O.CCCN(C)CO.CCCNCO.CCCn1c(=O)n(COC)c(=O)n(COC)c1=O.CCN(C)CO. The van der Waals surface area contributed by atoms with Crippen molar-refractivity contribution < 1.29 is 70.0 Å². The summed E-state index contributed by atoms with van der Waals surface area (Å²) in [5, 5.41) is 89.0. The van der Waals surface area contributed by atoms with E-state index in [2.05, 4.69) is 72.9 Å². The number of hydrogen-bond acceptors (Lipinski definition) is 27. The molecule has 0 saturated carbocycles. The molecule has 0 bridgehead atoms. The number of rotatable bonds is 53. The van der Waals surface area contributed by atoms with Crippen LogP contribution in [0.5, 0.6) is 0 Å². The Morgan fingerprint density at radius 1 is 0.259 bits per heavy atom. The van der Waals surface area contributed by atoms with Gasteiger partial charge in [0, 0.05) is 61.3 Å². The molecule has 2 rings (SSSR count). The van der Waals surface area contributed by atoms with Crippen molar-refractivity contribution in [3.05, 3.63) is 62.9 Å². The van der Waals surface area contributed by atoms with Gasteiger partial charge in [0.1, 0.15) is 26.9 Å². The summed E-state index contributed by atoms with van der Waals surface area (Å²) in [6.45, 7) is 33.7. The van der Waals surface area contributed by atoms with Crippen LogP contribution in [-0.2, 0) is 59.0 Å². The predicted molar refractivity (Wildman–Crippen MR) is 458 cm³/mol. The van der Waals surface area contributed by atoms with Gasteiger partial charge < -0.3 is 70.0 Å². The highest BCUT2D eigenvalue weighted by Crippen LogP contribution is 2.04. The van der Waals surface area contributed by atoms with Crippen LogP contribution >= 0.6 is 0 Å². The van der Waals surface area contributed by atoms with E-state index in [4.69, 9.17) is 70.0 Å². The van der Waals surface area contributed by atoms with Gasteiger partial charge >= 0.3 is 34.1 Å². The number of aliphatic hydroxyl groups excluding tert-OH is 10. The van der Waals surface area contributed by atoms with Gasteiger partial charge in [0.05, 0.1) is 47.1 Å². The molecule has 0 aliphatic carbocycles. The Hall–Kier alpha value is -4.02. The fraction of sp³-hybridized carbons (Fsp3) is 0.924. The minimum atomic E-state index is -0.735. The third kappa shape index (κ3) is 91.5. The fourth-order valence-corrected chi connectivity index (χ4v) is 8.30. The topological polar surface area (TPSA) is 411 Å². The van der Waals surface area contributed by atoms with Crippen molar-refractivity contribution >= 4 is 0 Å². The van der Waals surface area contributed by atoms with Gasteiger partial charge in [-0.15, -0.1) is 0 Å². The smallest absolute Gasteiger partial charge is 0.340 e. The van der Waals surface area contributed by atoms with Crippen LogP contribution in [0.4, 0.5) is 0 Å². The standard InChI is InChI=1S/C11H19N3O5.C10H17N3O5.C8H19NO.C8H18O.C7H17NO.2C6H15NO.C6H14O.C5H13NO.2C4H11NO.C4H10O/c1-4-5-6-12-9(15)13(7-18-2)11(17)14(8-19-3)10(12)16;1-4-5-11-8(14)12(6-17-2)10(16)13(7-18-3)9(11)15;1-3-4-5-6-7-9(2)8-10;1-2-3-4-5-6-7-8-9;1-3-4-5-6-8(2)7-9;1-3-4-5-7(2)6-8;1-2-3-4-5-7-6-8;1-2-3-4-5-6-7;1-3-4-6(2)5-7;1-3-5(2)4-6;1-2-3-5-4-6;1-2-3-4-5/h4-8H2,1-3H3;4-7H2,1-3H3;10H,3-8H2,1-2H3;9H,2-8H2,1H3;9H,3-7H2,1-2H3;8H,3-6H2,1-2H3;7-8H,2-6H2,1H3;7H,2-6H2,1H3;7H,3-5H2,1-2H3;6H,3-4H2,1-2H3;5-6H,2-4H2,1H3;5H,2-4H2,1H3. The van der Waals surface area contributed by atoms with Gasteiger partial charge in [-0.1, -0.05) is 199 Å². The highest BCUT2D eigenvalue weighted by Gasteiger charge is 2.16. The molecule has 0 aromatic carbocycles. The van der Waals surface area contributed by atoms with Gasteiger partial charge in [0.2, 0.25) is 0 Å². The second-order valence-corrected chi connectivity index (χ2v) is 26.4. The van der Waals surface area contributed by atoms with Gasteiger partial charge in [0.25, 0.3) is 0 Å². The van der Waals surface area contributed by atoms with E-state index in [1.807, 2.05) is 75.6 Å². The van der Waals surface area contributed by atoms with Crippen LogP contribution in [0.1, 0.15) is 269 Å². The van der Waals surface area contributed by atoms with Gasteiger partial charge in [0.15, 0.2) is 0 Å². The van der Waals surface area contributed by atoms with Crippen molar-refractivity contribution in [2.75, 3.05) is 176 Å². The summed E-state index contributed by atoms with van der Waals surface area (Å²) < 4.78 is 24.7. The summed E-state index contributed by atoms with van der Waals surface area (Å²) in [4.78, 5) is 81.3. The van der Waals surface area contributed by atoms with Crippen LogP contribution in [0.3, 0.4) is 0 Å². The Morgan fingerprint density at radius 2 is 0.527 bits per heavy atom. The van der Waals surface area contributed by atoms with Crippen LogP contribution in [-0.4, -0.2) is 279 Å². The normalized spacial score (nSPS) is 10.3. The average molecular weight is 1630 g/mol. The maximum atomic E-state index is 12.1. The molecule has 12 N–H and O–H groups in total. The first kappa shape index (κ1) is 129. The summed E-state index contributed by atoms with van der Waals surface area (Å²) in [6.07, 6.45) is 33.4. The van der Waals surface area contributed by atoms with Crippen molar-refractivity contribution in [2.45, 2.75) is 309 Å². The number of aliphatic hydroxyl groups is 10. The van der Waals surface area contributed by atoms with Crippen molar-refractivity contribution in [2.24, 2.45) is 0 Å². The van der Waals surface area contributed by atoms with Crippen molar-refractivity contribution in [1.29, 1.82) is 0 Å². The molecular weight excluding hydrogens is 1450 g/mol. The van der Waals surface area contributed by atoms with Crippen LogP contribution in [0.15, 0.2) is 28.8 Å². The van der Waals surface area contributed by atoms with E-state index >= 15 is 0 Å². The molecule has 2 aromatic heterocycles. The number of methoxy groups -OCH3 is 4. The van der Waals surface area contributed by atoms with Gasteiger partial charge in [-0.3, -0.25) is 35.1 Å². The number of unbranched alkanes of at least 4 members (excludes halogenated alkanes) is 18. The molecule has 0 saturated heterocycles.